The molecule has 1 unspecified atom stereocenters. The van der Waals surface area contributed by atoms with Crippen LogP contribution < -0.4 is 10.9 Å². The third-order valence-corrected chi connectivity index (χ3v) is 7.36. The first-order valence-corrected chi connectivity index (χ1v) is 11.8. The molecule has 29 heavy (non-hydrogen) atoms. The predicted octanol–water partition coefficient (Wildman–Crippen LogP) is 4.96. The molecule has 0 saturated carbocycles. The fourth-order valence-electron chi connectivity index (χ4n) is 3.83. The molecule has 1 atom stereocenters. The molecule has 0 aliphatic heterocycles. The van der Waals surface area contributed by atoms with E-state index in [1.54, 1.807) is 11.3 Å². The number of aromatic amines is 1. The Hall–Kier alpha value is -2.12. The largest absolute Gasteiger partial charge is 0.325 e. The van der Waals surface area contributed by atoms with Crippen LogP contribution in [0.25, 0.3) is 10.2 Å². The normalized spacial score (nSPS) is 16.2. The van der Waals surface area contributed by atoms with E-state index in [0.29, 0.717) is 17.0 Å². The van der Waals surface area contributed by atoms with E-state index < -0.39 is 0 Å². The van der Waals surface area contributed by atoms with Gasteiger partial charge in [-0.25, -0.2) is 4.98 Å². The van der Waals surface area contributed by atoms with Crippen LogP contribution in [-0.4, -0.2) is 21.6 Å². The molecule has 0 radical (unpaired) electrons. The Morgan fingerprint density at radius 2 is 2.17 bits per heavy atom. The Morgan fingerprint density at radius 1 is 1.38 bits per heavy atom. The number of thiophene rings is 1. The smallest absolute Gasteiger partial charge is 0.260 e. The van der Waals surface area contributed by atoms with Crippen LogP contribution in [0.2, 0.25) is 0 Å². The van der Waals surface area contributed by atoms with Gasteiger partial charge in [-0.3, -0.25) is 9.59 Å². The summed E-state index contributed by atoms with van der Waals surface area (Å²) in [5.41, 5.74) is 3.04. The lowest BCUT2D eigenvalue weighted by Crippen LogP contribution is -2.17. The van der Waals surface area contributed by atoms with Crippen molar-refractivity contribution in [3.8, 4) is 0 Å². The van der Waals surface area contributed by atoms with Gasteiger partial charge in [0.2, 0.25) is 5.91 Å². The summed E-state index contributed by atoms with van der Waals surface area (Å²) in [4.78, 5) is 34.7. The molecule has 0 spiro atoms. The van der Waals surface area contributed by atoms with Crippen molar-refractivity contribution in [1.29, 1.82) is 0 Å². The molecule has 4 rings (SSSR count). The molecule has 0 saturated heterocycles. The fourth-order valence-corrected chi connectivity index (χ4v) is 5.93. The minimum absolute atomic E-state index is 0.0879. The van der Waals surface area contributed by atoms with Gasteiger partial charge in [-0.15, -0.1) is 11.3 Å². The van der Waals surface area contributed by atoms with Gasteiger partial charge in [0, 0.05) is 10.6 Å². The number of para-hydroxylation sites is 1. The third-order valence-electron chi connectivity index (χ3n) is 5.34. The first kappa shape index (κ1) is 20.2. The summed E-state index contributed by atoms with van der Waals surface area (Å²) in [6.45, 7) is 6.46. The summed E-state index contributed by atoms with van der Waals surface area (Å²) >= 11 is 2.89. The fraction of sp³-hybridized carbons (Fsp3) is 0.409. The van der Waals surface area contributed by atoms with Gasteiger partial charge in [0.05, 0.1) is 11.1 Å². The summed E-state index contributed by atoms with van der Waals surface area (Å²) in [6, 6.07) is 7.84. The van der Waals surface area contributed by atoms with E-state index in [1.807, 2.05) is 24.3 Å². The van der Waals surface area contributed by atoms with Gasteiger partial charge in [-0.1, -0.05) is 50.7 Å². The number of fused-ring (bicyclic) bond motifs is 3. The molecule has 2 heterocycles. The SMILES string of the molecule is CC1CCc2c(sc3nc(SCC(=O)Nc4ccccc4C(C)C)[nH]c(=O)c23)C1. The van der Waals surface area contributed by atoms with Crippen molar-refractivity contribution < 1.29 is 4.79 Å². The number of hydrogen-bond acceptors (Lipinski definition) is 5. The number of rotatable bonds is 5. The number of benzene rings is 1. The Bertz CT molecular complexity index is 1120. The molecule has 3 aromatic rings. The van der Waals surface area contributed by atoms with Crippen LogP contribution in [0.5, 0.6) is 0 Å². The van der Waals surface area contributed by atoms with Gasteiger partial charge >= 0.3 is 0 Å². The number of amides is 1. The predicted molar refractivity (Wildman–Crippen MR) is 121 cm³/mol. The number of carbonyl (C=O) groups excluding carboxylic acids is 1. The average molecular weight is 428 g/mol. The Balaban J connectivity index is 1.49. The van der Waals surface area contributed by atoms with E-state index in [9.17, 15) is 9.59 Å². The second kappa shape index (κ2) is 8.32. The summed E-state index contributed by atoms with van der Waals surface area (Å²) in [7, 11) is 0. The van der Waals surface area contributed by atoms with Crippen LogP contribution in [-0.2, 0) is 17.6 Å². The Kier molecular flexibility index (Phi) is 5.79. The van der Waals surface area contributed by atoms with E-state index in [0.717, 1.165) is 40.7 Å². The number of hydrogen-bond donors (Lipinski definition) is 2. The van der Waals surface area contributed by atoms with Crippen molar-refractivity contribution in [3.05, 3.63) is 50.6 Å². The van der Waals surface area contributed by atoms with Gasteiger partial charge in [0.1, 0.15) is 4.83 Å². The Morgan fingerprint density at radius 3 is 2.97 bits per heavy atom. The van der Waals surface area contributed by atoms with E-state index in [1.165, 1.54) is 22.2 Å². The van der Waals surface area contributed by atoms with Crippen molar-refractivity contribution >= 4 is 44.9 Å². The van der Waals surface area contributed by atoms with Gasteiger partial charge in [0.15, 0.2) is 5.16 Å². The molecule has 1 aliphatic carbocycles. The first-order chi connectivity index (χ1) is 13.9. The van der Waals surface area contributed by atoms with Crippen molar-refractivity contribution in [2.24, 2.45) is 5.92 Å². The minimum atomic E-state index is -0.106. The number of nitrogens with one attached hydrogen (secondary N) is 2. The lowest BCUT2D eigenvalue weighted by molar-refractivity contribution is -0.113. The molecule has 1 aromatic carbocycles. The highest BCUT2D eigenvalue weighted by atomic mass is 32.2. The maximum absolute atomic E-state index is 12.7. The molecule has 1 aliphatic rings. The van der Waals surface area contributed by atoms with Crippen molar-refractivity contribution in [2.45, 2.75) is 51.1 Å². The molecule has 152 valence electrons. The highest BCUT2D eigenvalue weighted by Crippen LogP contribution is 2.36. The Labute approximate surface area is 178 Å². The molecule has 7 heteroatoms. The quantitative estimate of drug-likeness (QED) is 0.446. The van der Waals surface area contributed by atoms with Crippen LogP contribution in [0.4, 0.5) is 5.69 Å². The van der Waals surface area contributed by atoms with Crippen molar-refractivity contribution in [3.63, 3.8) is 0 Å². The third kappa shape index (κ3) is 4.26. The highest BCUT2D eigenvalue weighted by Gasteiger charge is 2.23. The van der Waals surface area contributed by atoms with Crippen molar-refractivity contribution in [1.82, 2.24) is 9.97 Å². The molecule has 1 amide bonds. The van der Waals surface area contributed by atoms with Crippen LogP contribution in [0.3, 0.4) is 0 Å². The lowest BCUT2D eigenvalue weighted by Gasteiger charge is -2.17. The summed E-state index contributed by atoms with van der Waals surface area (Å²) in [5.74, 6) is 1.07. The molecular weight excluding hydrogens is 402 g/mol. The lowest BCUT2D eigenvalue weighted by atomic mass is 9.89. The van der Waals surface area contributed by atoms with Crippen LogP contribution in [0.15, 0.2) is 34.2 Å². The zero-order valence-electron chi connectivity index (χ0n) is 16.9. The molecular formula is C22H25N3O2S2. The van der Waals surface area contributed by atoms with Crippen molar-refractivity contribution in [2.75, 3.05) is 11.1 Å². The number of aryl methyl sites for hydroxylation is 1. The number of carbonyl (C=O) groups is 1. The monoisotopic (exact) mass is 427 g/mol. The summed E-state index contributed by atoms with van der Waals surface area (Å²) in [6.07, 6.45) is 3.09. The van der Waals surface area contributed by atoms with Gasteiger partial charge in [0.25, 0.3) is 5.56 Å². The minimum Gasteiger partial charge on any atom is -0.325 e. The van der Waals surface area contributed by atoms with Crippen LogP contribution >= 0.6 is 23.1 Å². The van der Waals surface area contributed by atoms with Gasteiger partial charge in [-0.05, 0) is 48.3 Å². The molecule has 5 nitrogen and oxygen atoms in total. The zero-order valence-corrected chi connectivity index (χ0v) is 18.5. The maximum Gasteiger partial charge on any atom is 0.260 e. The molecule has 0 fully saturated rings. The standard InChI is InChI=1S/C22H25N3O2S2/c1-12(2)14-6-4-5-7-16(14)23-18(26)11-28-22-24-20(27)19-15-9-8-13(3)10-17(15)29-21(19)25-22/h4-7,12-13H,8-11H2,1-3H3,(H,23,26)(H,24,25,27). The summed E-state index contributed by atoms with van der Waals surface area (Å²) in [5, 5.41) is 4.23. The van der Waals surface area contributed by atoms with Crippen LogP contribution in [0.1, 0.15) is 49.1 Å². The van der Waals surface area contributed by atoms with Gasteiger partial charge in [-0.2, -0.15) is 0 Å². The van der Waals surface area contributed by atoms with Crippen LogP contribution in [0, 0.1) is 5.92 Å². The summed E-state index contributed by atoms with van der Waals surface area (Å²) < 4.78 is 0. The number of nitrogens with zero attached hydrogens (tertiary/aromatic N) is 1. The second-order valence-corrected chi connectivity index (χ2v) is 10.0. The number of thioether (sulfide) groups is 1. The molecule has 2 aromatic heterocycles. The second-order valence-electron chi connectivity index (χ2n) is 7.98. The number of H-pyrrole nitrogens is 1. The van der Waals surface area contributed by atoms with Gasteiger partial charge < -0.3 is 10.3 Å². The van der Waals surface area contributed by atoms with E-state index in [2.05, 4.69) is 36.1 Å². The maximum atomic E-state index is 12.7. The van der Waals surface area contributed by atoms with E-state index >= 15 is 0 Å². The zero-order chi connectivity index (χ0) is 20.5. The molecule has 0 bridgehead atoms. The average Bonchev–Trinajstić information content (AvgIpc) is 3.04. The molecule has 2 N–H and O–H groups in total. The highest BCUT2D eigenvalue weighted by molar-refractivity contribution is 7.99. The first-order valence-electron chi connectivity index (χ1n) is 9.98. The number of aromatic nitrogens is 2. The van der Waals surface area contributed by atoms with E-state index in [4.69, 9.17) is 0 Å². The number of anilines is 1. The van der Waals surface area contributed by atoms with E-state index in [-0.39, 0.29) is 17.2 Å². The topological polar surface area (TPSA) is 74.8 Å².